The van der Waals surface area contributed by atoms with Gasteiger partial charge in [-0.05, 0) is 56.3 Å². The normalized spacial score (nSPS) is 31.2. The van der Waals surface area contributed by atoms with Crippen LogP contribution in [-0.2, 0) is 0 Å². The molecule has 0 unspecified atom stereocenters. The number of ether oxygens (including phenoxy) is 2. The number of rotatable bonds is 3. The lowest BCUT2D eigenvalue weighted by Gasteiger charge is -2.35. The van der Waals surface area contributed by atoms with Crippen LogP contribution in [0.2, 0.25) is 0 Å². The van der Waals surface area contributed by atoms with Crippen molar-refractivity contribution < 1.29 is 14.6 Å². The van der Waals surface area contributed by atoms with Crippen molar-refractivity contribution in [1.29, 1.82) is 0 Å². The van der Waals surface area contributed by atoms with Crippen LogP contribution in [0, 0.1) is 18.8 Å². The molecule has 2 N–H and O–H groups in total. The second-order valence-corrected chi connectivity index (χ2v) is 5.98. The van der Waals surface area contributed by atoms with Crippen molar-refractivity contribution in [2.45, 2.75) is 32.0 Å². The van der Waals surface area contributed by atoms with Gasteiger partial charge in [0.1, 0.15) is 6.10 Å². The van der Waals surface area contributed by atoms with Gasteiger partial charge in [-0.2, -0.15) is 0 Å². The zero-order chi connectivity index (χ0) is 14.1. The molecular formula is C16H24ClNO3. The highest BCUT2D eigenvalue weighted by Gasteiger charge is 2.40. The molecule has 4 nitrogen and oxygen atoms in total. The lowest BCUT2D eigenvalue weighted by atomic mass is 9.78. The fourth-order valence-corrected chi connectivity index (χ4v) is 3.47. The molecule has 4 atom stereocenters. The summed E-state index contributed by atoms with van der Waals surface area (Å²) in [7, 11) is 1.65. The summed E-state index contributed by atoms with van der Waals surface area (Å²) in [5, 5.41) is 13.8. The zero-order valence-electron chi connectivity index (χ0n) is 12.5. The van der Waals surface area contributed by atoms with Crippen LogP contribution in [0.4, 0.5) is 0 Å². The first kappa shape index (κ1) is 16.4. The van der Waals surface area contributed by atoms with E-state index in [1.807, 2.05) is 25.1 Å². The van der Waals surface area contributed by atoms with Crippen LogP contribution in [0.15, 0.2) is 18.2 Å². The molecule has 1 aliphatic carbocycles. The predicted octanol–water partition coefficient (Wildman–Crippen LogP) is 2.16. The summed E-state index contributed by atoms with van der Waals surface area (Å²) in [5.74, 6) is 2.73. The number of nitrogens with one attached hydrogen (secondary N) is 1. The molecule has 1 aromatic rings. The second kappa shape index (κ2) is 6.86. The Morgan fingerprint density at radius 2 is 1.90 bits per heavy atom. The molecule has 5 heteroatoms. The molecule has 0 spiro atoms. The van der Waals surface area contributed by atoms with Gasteiger partial charge < -0.3 is 19.9 Å². The van der Waals surface area contributed by atoms with E-state index in [1.54, 1.807) is 7.11 Å². The summed E-state index contributed by atoms with van der Waals surface area (Å²) in [4.78, 5) is 0. The molecule has 3 rings (SSSR count). The highest BCUT2D eigenvalue weighted by Crippen LogP contribution is 2.38. The number of fused-ring (bicyclic) bond motifs is 1. The largest absolute Gasteiger partial charge is 0.493 e. The lowest BCUT2D eigenvalue weighted by molar-refractivity contribution is -0.0243. The molecule has 2 fully saturated rings. The van der Waals surface area contributed by atoms with Crippen molar-refractivity contribution in [3.8, 4) is 11.5 Å². The van der Waals surface area contributed by atoms with Crippen molar-refractivity contribution in [3.05, 3.63) is 23.8 Å². The van der Waals surface area contributed by atoms with Gasteiger partial charge in [-0.3, -0.25) is 0 Å². The van der Waals surface area contributed by atoms with Crippen LogP contribution in [0.1, 0.15) is 18.4 Å². The number of aliphatic hydroxyl groups is 1. The third-order valence-corrected chi connectivity index (χ3v) is 4.65. The lowest BCUT2D eigenvalue weighted by Crippen LogP contribution is -2.42. The standard InChI is InChI=1S/C16H23NO3.ClH/c1-10-4-3-5-14(19-2)16(10)20-15-7-12-9-17-8-11(12)6-13(15)18;/h3-5,11-13,15,17-18H,6-9H2,1-2H3;1H/t11-,12+,13+,15+;/m0./s1. The van der Waals surface area contributed by atoms with E-state index in [-0.39, 0.29) is 24.6 Å². The van der Waals surface area contributed by atoms with Crippen LogP contribution in [0.3, 0.4) is 0 Å². The third-order valence-electron chi connectivity index (χ3n) is 4.65. The van der Waals surface area contributed by atoms with E-state index in [2.05, 4.69) is 5.32 Å². The monoisotopic (exact) mass is 313 g/mol. The minimum absolute atomic E-state index is 0. The van der Waals surface area contributed by atoms with E-state index < -0.39 is 0 Å². The minimum Gasteiger partial charge on any atom is -0.493 e. The number of halogens is 1. The summed E-state index contributed by atoms with van der Waals surface area (Å²) >= 11 is 0. The molecule has 1 aliphatic heterocycles. The van der Waals surface area contributed by atoms with Gasteiger partial charge in [0, 0.05) is 0 Å². The molecule has 1 saturated carbocycles. The van der Waals surface area contributed by atoms with Gasteiger partial charge in [-0.15, -0.1) is 12.4 Å². The maximum Gasteiger partial charge on any atom is 0.164 e. The molecule has 1 saturated heterocycles. The molecule has 0 amide bonds. The molecule has 118 valence electrons. The van der Waals surface area contributed by atoms with Crippen LogP contribution in [0.5, 0.6) is 11.5 Å². The Bertz CT molecular complexity index is 483. The molecule has 1 aromatic carbocycles. The van der Waals surface area contributed by atoms with E-state index in [0.29, 0.717) is 11.8 Å². The van der Waals surface area contributed by atoms with Crippen LogP contribution in [-0.4, -0.2) is 37.5 Å². The maximum atomic E-state index is 10.3. The fraction of sp³-hybridized carbons (Fsp3) is 0.625. The van der Waals surface area contributed by atoms with E-state index in [9.17, 15) is 5.11 Å². The van der Waals surface area contributed by atoms with Crippen molar-refractivity contribution in [2.75, 3.05) is 20.2 Å². The summed E-state index contributed by atoms with van der Waals surface area (Å²) in [6.07, 6.45) is 1.22. The molecule has 0 aromatic heterocycles. The van der Waals surface area contributed by atoms with Crippen molar-refractivity contribution in [1.82, 2.24) is 5.32 Å². The Labute approximate surface area is 132 Å². The Kier molecular flexibility index (Phi) is 5.36. The minimum atomic E-state index is -0.388. The van der Waals surface area contributed by atoms with Gasteiger partial charge in [0.05, 0.1) is 13.2 Å². The van der Waals surface area contributed by atoms with Gasteiger partial charge in [0.2, 0.25) is 0 Å². The number of aliphatic hydroxyl groups excluding tert-OH is 1. The number of hydrogen-bond donors (Lipinski definition) is 2. The Morgan fingerprint density at radius 1 is 1.19 bits per heavy atom. The average molecular weight is 314 g/mol. The highest BCUT2D eigenvalue weighted by molar-refractivity contribution is 5.85. The Morgan fingerprint density at radius 3 is 2.62 bits per heavy atom. The molecule has 21 heavy (non-hydrogen) atoms. The van der Waals surface area contributed by atoms with E-state index in [0.717, 1.165) is 43.0 Å². The predicted molar refractivity (Wildman–Crippen MR) is 84.5 cm³/mol. The molecule has 2 aliphatic rings. The number of methoxy groups -OCH3 is 1. The van der Waals surface area contributed by atoms with Crippen LogP contribution >= 0.6 is 12.4 Å². The Hall–Kier alpha value is -0.970. The molecule has 0 bridgehead atoms. The molecular weight excluding hydrogens is 290 g/mol. The van der Waals surface area contributed by atoms with Crippen LogP contribution < -0.4 is 14.8 Å². The first-order valence-electron chi connectivity index (χ1n) is 7.38. The van der Waals surface area contributed by atoms with Gasteiger partial charge in [0.25, 0.3) is 0 Å². The molecule has 0 radical (unpaired) electrons. The maximum absolute atomic E-state index is 10.3. The van der Waals surface area contributed by atoms with Gasteiger partial charge in [-0.1, -0.05) is 12.1 Å². The molecule has 1 heterocycles. The quantitative estimate of drug-likeness (QED) is 0.898. The van der Waals surface area contributed by atoms with Crippen molar-refractivity contribution in [3.63, 3.8) is 0 Å². The number of hydrogen-bond acceptors (Lipinski definition) is 4. The van der Waals surface area contributed by atoms with Crippen molar-refractivity contribution in [2.24, 2.45) is 11.8 Å². The van der Waals surface area contributed by atoms with Gasteiger partial charge in [0.15, 0.2) is 11.5 Å². The van der Waals surface area contributed by atoms with Gasteiger partial charge in [-0.25, -0.2) is 0 Å². The Balaban J connectivity index is 0.00000161. The summed E-state index contributed by atoms with van der Waals surface area (Å²) in [6, 6.07) is 5.86. The highest BCUT2D eigenvalue weighted by atomic mass is 35.5. The SMILES string of the molecule is COc1cccc(C)c1O[C@@H]1C[C@@H]2CNC[C@@H]2C[C@H]1O.Cl. The average Bonchev–Trinajstić information content (AvgIpc) is 2.88. The van der Waals surface area contributed by atoms with Crippen molar-refractivity contribution >= 4 is 12.4 Å². The summed E-state index contributed by atoms with van der Waals surface area (Å²) in [5.41, 5.74) is 1.04. The first-order chi connectivity index (χ1) is 9.69. The number of aryl methyl sites for hydroxylation is 1. The van der Waals surface area contributed by atoms with Crippen LogP contribution in [0.25, 0.3) is 0 Å². The number of para-hydroxylation sites is 1. The van der Waals surface area contributed by atoms with Gasteiger partial charge >= 0.3 is 0 Å². The number of benzene rings is 1. The van der Waals surface area contributed by atoms with E-state index in [4.69, 9.17) is 9.47 Å². The second-order valence-electron chi connectivity index (χ2n) is 5.98. The summed E-state index contributed by atoms with van der Waals surface area (Å²) in [6.45, 7) is 4.08. The summed E-state index contributed by atoms with van der Waals surface area (Å²) < 4.78 is 11.5. The topological polar surface area (TPSA) is 50.7 Å². The fourth-order valence-electron chi connectivity index (χ4n) is 3.47. The van der Waals surface area contributed by atoms with E-state index >= 15 is 0 Å². The van der Waals surface area contributed by atoms with E-state index in [1.165, 1.54) is 0 Å². The first-order valence-corrected chi connectivity index (χ1v) is 7.38. The zero-order valence-corrected chi connectivity index (χ0v) is 13.4. The smallest absolute Gasteiger partial charge is 0.164 e. The third kappa shape index (κ3) is 3.28.